The van der Waals surface area contributed by atoms with Crippen LogP contribution in [-0.4, -0.2) is 32.7 Å². The van der Waals surface area contributed by atoms with Gasteiger partial charge in [0.05, 0.1) is 13.7 Å². The Bertz CT molecular complexity index is 661. The van der Waals surface area contributed by atoms with Crippen LogP contribution in [0.3, 0.4) is 0 Å². The summed E-state index contributed by atoms with van der Waals surface area (Å²) in [5.41, 5.74) is 2.30. The molecule has 24 heavy (non-hydrogen) atoms. The van der Waals surface area contributed by atoms with Crippen LogP contribution in [0.2, 0.25) is 5.02 Å². The molecule has 4 nitrogen and oxygen atoms in total. The summed E-state index contributed by atoms with van der Waals surface area (Å²) in [6, 6.07) is 15.6. The smallest absolute Gasteiger partial charge is 0.233 e. The molecule has 5 heteroatoms. The van der Waals surface area contributed by atoms with Gasteiger partial charge in [0.25, 0.3) is 0 Å². The fourth-order valence-electron chi connectivity index (χ4n) is 2.36. The molecule has 2 aromatic rings. The van der Waals surface area contributed by atoms with Crippen molar-refractivity contribution in [2.45, 2.75) is 12.8 Å². The van der Waals surface area contributed by atoms with E-state index < -0.39 is 0 Å². The standard InChI is InChI=1S/C19H23ClN2O2/c1-24-18-7-3-5-16(13-18)8-10-21-14-19(23)22-11-9-15-4-2-6-17(20)12-15/h2-7,12-13,21H,8-11,14H2,1H3,(H,22,23). The number of hydrogen-bond donors (Lipinski definition) is 2. The molecule has 0 aliphatic rings. The largest absolute Gasteiger partial charge is 0.497 e. The second kappa shape index (κ2) is 9.96. The fourth-order valence-corrected chi connectivity index (χ4v) is 2.58. The minimum absolute atomic E-state index is 0.00247. The van der Waals surface area contributed by atoms with Gasteiger partial charge >= 0.3 is 0 Å². The molecule has 0 saturated carbocycles. The Morgan fingerprint density at radius 1 is 1.04 bits per heavy atom. The molecule has 0 atom stereocenters. The first-order chi connectivity index (χ1) is 11.7. The van der Waals surface area contributed by atoms with Crippen molar-refractivity contribution in [3.05, 3.63) is 64.7 Å². The molecule has 0 aliphatic carbocycles. The Labute approximate surface area is 148 Å². The van der Waals surface area contributed by atoms with E-state index in [1.165, 1.54) is 5.56 Å². The van der Waals surface area contributed by atoms with Crippen LogP contribution in [0.4, 0.5) is 0 Å². The molecule has 0 radical (unpaired) electrons. The highest BCUT2D eigenvalue weighted by Crippen LogP contribution is 2.12. The Morgan fingerprint density at radius 3 is 2.50 bits per heavy atom. The van der Waals surface area contributed by atoms with Gasteiger partial charge < -0.3 is 15.4 Å². The van der Waals surface area contributed by atoms with Gasteiger partial charge in [0, 0.05) is 11.6 Å². The molecule has 0 saturated heterocycles. The van der Waals surface area contributed by atoms with Gasteiger partial charge in [-0.15, -0.1) is 0 Å². The predicted molar refractivity (Wildman–Crippen MR) is 97.7 cm³/mol. The van der Waals surface area contributed by atoms with Crippen molar-refractivity contribution >= 4 is 17.5 Å². The van der Waals surface area contributed by atoms with Crippen molar-refractivity contribution in [1.82, 2.24) is 10.6 Å². The summed E-state index contributed by atoms with van der Waals surface area (Å²) in [5, 5.41) is 6.78. The number of nitrogens with one attached hydrogen (secondary N) is 2. The van der Waals surface area contributed by atoms with E-state index in [1.807, 2.05) is 42.5 Å². The van der Waals surface area contributed by atoms with Crippen molar-refractivity contribution < 1.29 is 9.53 Å². The third-order valence-corrected chi connectivity index (χ3v) is 3.87. The quantitative estimate of drug-likeness (QED) is 0.686. The van der Waals surface area contributed by atoms with Crippen molar-refractivity contribution in [2.24, 2.45) is 0 Å². The molecule has 0 aliphatic heterocycles. The van der Waals surface area contributed by atoms with Crippen LogP contribution < -0.4 is 15.4 Å². The van der Waals surface area contributed by atoms with Gasteiger partial charge in [-0.2, -0.15) is 0 Å². The molecule has 0 spiro atoms. The van der Waals surface area contributed by atoms with E-state index in [0.717, 1.165) is 35.7 Å². The average molecular weight is 347 g/mol. The summed E-state index contributed by atoms with van der Waals surface area (Å²) in [4.78, 5) is 11.8. The van der Waals surface area contributed by atoms with Gasteiger partial charge in [0.2, 0.25) is 5.91 Å². The zero-order chi connectivity index (χ0) is 17.2. The lowest BCUT2D eigenvalue weighted by Crippen LogP contribution is -2.35. The zero-order valence-electron chi connectivity index (χ0n) is 13.8. The summed E-state index contributed by atoms with van der Waals surface area (Å²) >= 11 is 5.94. The van der Waals surface area contributed by atoms with Crippen LogP contribution in [-0.2, 0) is 17.6 Å². The summed E-state index contributed by atoms with van der Waals surface area (Å²) in [6.07, 6.45) is 1.63. The Balaban J connectivity index is 1.59. The van der Waals surface area contributed by atoms with Gasteiger partial charge in [-0.05, 0) is 54.8 Å². The van der Waals surface area contributed by atoms with E-state index >= 15 is 0 Å². The minimum atomic E-state index is 0.00247. The van der Waals surface area contributed by atoms with E-state index in [0.29, 0.717) is 13.1 Å². The molecule has 2 rings (SSSR count). The molecule has 2 N–H and O–H groups in total. The summed E-state index contributed by atoms with van der Waals surface area (Å²) in [7, 11) is 1.66. The number of carbonyl (C=O) groups excluding carboxylic acids is 1. The molecule has 0 heterocycles. The van der Waals surface area contributed by atoms with E-state index in [9.17, 15) is 4.79 Å². The lowest BCUT2D eigenvalue weighted by molar-refractivity contribution is -0.120. The van der Waals surface area contributed by atoms with Crippen molar-refractivity contribution in [1.29, 1.82) is 0 Å². The van der Waals surface area contributed by atoms with Gasteiger partial charge in [-0.25, -0.2) is 0 Å². The van der Waals surface area contributed by atoms with E-state index in [2.05, 4.69) is 16.7 Å². The van der Waals surface area contributed by atoms with Gasteiger partial charge in [0.15, 0.2) is 0 Å². The monoisotopic (exact) mass is 346 g/mol. The Morgan fingerprint density at radius 2 is 1.75 bits per heavy atom. The summed E-state index contributed by atoms with van der Waals surface area (Å²) in [6.45, 7) is 1.67. The Hall–Kier alpha value is -2.04. The number of methoxy groups -OCH3 is 1. The number of hydrogen-bond acceptors (Lipinski definition) is 3. The summed E-state index contributed by atoms with van der Waals surface area (Å²) in [5.74, 6) is 0.855. The number of carbonyl (C=O) groups is 1. The third-order valence-electron chi connectivity index (χ3n) is 3.64. The van der Waals surface area contributed by atoms with Gasteiger partial charge in [-0.3, -0.25) is 4.79 Å². The predicted octanol–water partition coefficient (Wildman–Crippen LogP) is 2.84. The molecule has 0 unspecified atom stereocenters. The van der Waals surface area contributed by atoms with Crippen LogP contribution >= 0.6 is 11.6 Å². The lowest BCUT2D eigenvalue weighted by Gasteiger charge is -2.08. The normalized spacial score (nSPS) is 10.4. The van der Waals surface area contributed by atoms with Crippen LogP contribution in [0.5, 0.6) is 5.75 Å². The highest BCUT2D eigenvalue weighted by atomic mass is 35.5. The number of halogens is 1. The maximum atomic E-state index is 11.8. The molecule has 1 amide bonds. The first-order valence-corrected chi connectivity index (χ1v) is 8.40. The van der Waals surface area contributed by atoms with Gasteiger partial charge in [-0.1, -0.05) is 35.9 Å². The first kappa shape index (κ1) is 18.3. The number of ether oxygens (including phenoxy) is 1. The van der Waals surface area contributed by atoms with Crippen LogP contribution in [0.1, 0.15) is 11.1 Å². The fraction of sp³-hybridized carbons (Fsp3) is 0.316. The SMILES string of the molecule is COc1cccc(CCNCC(=O)NCCc2cccc(Cl)c2)c1. The second-order valence-corrected chi connectivity index (χ2v) is 5.94. The molecule has 0 aromatic heterocycles. The molecule has 0 fully saturated rings. The molecule has 2 aromatic carbocycles. The number of rotatable bonds is 9. The van der Waals surface area contributed by atoms with E-state index in [4.69, 9.17) is 16.3 Å². The molecule has 128 valence electrons. The minimum Gasteiger partial charge on any atom is -0.497 e. The first-order valence-electron chi connectivity index (χ1n) is 8.02. The number of benzene rings is 2. The van der Waals surface area contributed by atoms with Crippen LogP contribution in [0, 0.1) is 0 Å². The van der Waals surface area contributed by atoms with E-state index in [1.54, 1.807) is 7.11 Å². The topological polar surface area (TPSA) is 50.4 Å². The molecule has 0 bridgehead atoms. The molecular weight excluding hydrogens is 324 g/mol. The van der Waals surface area contributed by atoms with Crippen molar-refractivity contribution in [2.75, 3.05) is 26.7 Å². The lowest BCUT2D eigenvalue weighted by atomic mass is 10.1. The zero-order valence-corrected chi connectivity index (χ0v) is 14.6. The van der Waals surface area contributed by atoms with Crippen LogP contribution in [0.25, 0.3) is 0 Å². The van der Waals surface area contributed by atoms with Gasteiger partial charge in [0.1, 0.15) is 5.75 Å². The van der Waals surface area contributed by atoms with Crippen molar-refractivity contribution in [3.63, 3.8) is 0 Å². The average Bonchev–Trinajstić information content (AvgIpc) is 2.59. The highest BCUT2D eigenvalue weighted by Gasteiger charge is 2.01. The summed E-state index contributed by atoms with van der Waals surface area (Å²) < 4.78 is 5.19. The maximum Gasteiger partial charge on any atom is 0.233 e. The number of amides is 1. The second-order valence-electron chi connectivity index (χ2n) is 5.51. The Kier molecular flexibility index (Phi) is 7.59. The highest BCUT2D eigenvalue weighted by molar-refractivity contribution is 6.30. The third kappa shape index (κ3) is 6.60. The van der Waals surface area contributed by atoms with Crippen LogP contribution in [0.15, 0.2) is 48.5 Å². The molecular formula is C19H23ClN2O2. The van der Waals surface area contributed by atoms with Crippen molar-refractivity contribution in [3.8, 4) is 5.75 Å². The van der Waals surface area contributed by atoms with E-state index in [-0.39, 0.29) is 5.91 Å². The maximum absolute atomic E-state index is 11.8.